The van der Waals surface area contributed by atoms with Gasteiger partial charge in [-0.2, -0.15) is 0 Å². The number of nitrogens with two attached hydrogens (primary N) is 1. The van der Waals surface area contributed by atoms with Crippen LogP contribution in [0.1, 0.15) is 35.4 Å². The van der Waals surface area contributed by atoms with E-state index >= 15 is 0 Å². The summed E-state index contributed by atoms with van der Waals surface area (Å²) < 4.78 is 4.55. The number of nitrogens with one attached hydrogen (secondary N) is 1. The predicted molar refractivity (Wildman–Crippen MR) is 74.3 cm³/mol. The summed E-state index contributed by atoms with van der Waals surface area (Å²) >= 11 is 0. The van der Waals surface area contributed by atoms with Crippen molar-refractivity contribution in [1.29, 1.82) is 0 Å². The Morgan fingerprint density at radius 2 is 2.14 bits per heavy atom. The van der Waals surface area contributed by atoms with Crippen LogP contribution in [0.5, 0.6) is 0 Å². The molecule has 0 saturated heterocycles. The fourth-order valence-corrected chi connectivity index (χ4v) is 1.70. The lowest BCUT2D eigenvalue weighted by molar-refractivity contribution is -0.119. The van der Waals surface area contributed by atoms with Gasteiger partial charge < -0.3 is 26.0 Å². The third-order valence-corrected chi connectivity index (χ3v) is 2.87. The maximum absolute atomic E-state index is 11.5. The monoisotopic (exact) mass is 297 g/mol. The fourth-order valence-electron chi connectivity index (χ4n) is 1.70. The third-order valence-electron chi connectivity index (χ3n) is 2.87. The SMILES string of the molecule is COC(=O)c1cc(C(O)C(O)CCNC(C)=O)cnc1N. The van der Waals surface area contributed by atoms with Crippen molar-refractivity contribution in [2.75, 3.05) is 19.4 Å². The maximum Gasteiger partial charge on any atom is 0.341 e. The lowest BCUT2D eigenvalue weighted by atomic mass is 10.0. The van der Waals surface area contributed by atoms with Crippen molar-refractivity contribution in [3.63, 3.8) is 0 Å². The fraction of sp³-hybridized carbons (Fsp3) is 0.462. The Kier molecular flexibility index (Phi) is 6.07. The number of aromatic nitrogens is 1. The molecule has 2 atom stereocenters. The van der Waals surface area contributed by atoms with Gasteiger partial charge in [-0.1, -0.05) is 0 Å². The number of aliphatic hydroxyl groups is 2. The van der Waals surface area contributed by atoms with Crippen molar-refractivity contribution < 1.29 is 24.5 Å². The van der Waals surface area contributed by atoms with E-state index in [2.05, 4.69) is 15.0 Å². The first kappa shape index (κ1) is 16.9. The van der Waals surface area contributed by atoms with Crippen molar-refractivity contribution in [1.82, 2.24) is 10.3 Å². The predicted octanol–water partition coefficient (Wildman–Crippen LogP) is -0.629. The van der Waals surface area contributed by atoms with Crippen molar-refractivity contribution in [2.45, 2.75) is 25.6 Å². The van der Waals surface area contributed by atoms with Crippen molar-refractivity contribution >= 4 is 17.7 Å². The average molecular weight is 297 g/mol. The molecule has 0 saturated carbocycles. The van der Waals surface area contributed by atoms with Gasteiger partial charge in [0.1, 0.15) is 17.5 Å². The van der Waals surface area contributed by atoms with Gasteiger partial charge in [0.25, 0.3) is 0 Å². The molecule has 1 aromatic heterocycles. The molecular formula is C13H19N3O5. The van der Waals surface area contributed by atoms with Crippen LogP contribution in [0, 0.1) is 0 Å². The maximum atomic E-state index is 11.5. The Morgan fingerprint density at radius 3 is 2.71 bits per heavy atom. The number of amides is 1. The Labute approximate surface area is 121 Å². The van der Waals surface area contributed by atoms with E-state index in [-0.39, 0.29) is 35.8 Å². The van der Waals surface area contributed by atoms with Gasteiger partial charge in [0.15, 0.2) is 0 Å². The number of carbonyl (C=O) groups is 2. The highest BCUT2D eigenvalue weighted by Gasteiger charge is 2.21. The molecule has 0 spiro atoms. The van der Waals surface area contributed by atoms with Crippen LogP contribution in [-0.4, -0.2) is 46.8 Å². The second-order valence-electron chi connectivity index (χ2n) is 4.48. The molecule has 0 aliphatic rings. The topological polar surface area (TPSA) is 135 Å². The smallest absolute Gasteiger partial charge is 0.341 e. The molecule has 21 heavy (non-hydrogen) atoms. The molecule has 0 aromatic carbocycles. The number of aliphatic hydroxyl groups excluding tert-OH is 2. The minimum atomic E-state index is -1.25. The first-order valence-electron chi connectivity index (χ1n) is 6.31. The number of pyridine rings is 1. The van der Waals surface area contributed by atoms with Crippen LogP contribution in [0.15, 0.2) is 12.3 Å². The number of hydrogen-bond donors (Lipinski definition) is 4. The zero-order valence-electron chi connectivity index (χ0n) is 11.9. The normalized spacial score (nSPS) is 13.3. The number of nitrogen functional groups attached to an aromatic ring is 1. The number of esters is 1. The summed E-state index contributed by atoms with van der Waals surface area (Å²) in [7, 11) is 1.20. The van der Waals surface area contributed by atoms with E-state index in [1.165, 1.54) is 26.3 Å². The van der Waals surface area contributed by atoms with Gasteiger partial charge in [0.05, 0.1) is 13.2 Å². The van der Waals surface area contributed by atoms with Crippen LogP contribution < -0.4 is 11.1 Å². The molecule has 0 fully saturated rings. The van der Waals surface area contributed by atoms with Gasteiger partial charge in [-0.25, -0.2) is 9.78 Å². The molecule has 116 valence electrons. The molecular weight excluding hydrogens is 278 g/mol. The van der Waals surface area contributed by atoms with Gasteiger partial charge in [-0.05, 0) is 12.5 Å². The van der Waals surface area contributed by atoms with Gasteiger partial charge in [-0.3, -0.25) is 4.79 Å². The number of carbonyl (C=O) groups excluding carboxylic acids is 2. The minimum absolute atomic E-state index is 0.0168. The molecule has 1 aromatic rings. The minimum Gasteiger partial charge on any atom is -0.465 e. The summed E-state index contributed by atoms with van der Waals surface area (Å²) in [5.74, 6) is -0.925. The number of ether oxygens (including phenoxy) is 1. The second kappa shape index (κ2) is 7.55. The zero-order chi connectivity index (χ0) is 16.0. The highest BCUT2D eigenvalue weighted by Crippen LogP contribution is 2.21. The van der Waals surface area contributed by atoms with Crippen molar-refractivity contribution in [3.8, 4) is 0 Å². The summed E-state index contributed by atoms with van der Waals surface area (Å²) in [6, 6.07) is 1.32. The molecule has 1 amide bonds. The van der Waals surface area contributed by atoms with E-state index in [4.69, 9.17) is 5.73 Å². The van der Waals surface area contributed by atoms with Crippen LogP contribution >= 0.6 is 0 Å². The Bertz CT molecular complexity index is 521. The zero-order valence-corrected chi connectivity index (χ0v) is 11.9. The van der Waals surface area contributed by atoms with E-state index < -0.39 is 18.2 Å². The third kappa shape index (κ3) is 4.69. The summed E-state index contributed by atoms with van der Waals surface area (Å²) in [5.41, 5.74) is 5.80. The van der Waals surface area contributed by atoms with Crippen LogP contribution in [0.4, 0.5) is 5.82 Å². The van der Waals surface area contributed by atoms with E-state index in [1.807, 2.05) is 0 Å². The lowest BCUT2D eigenvalue weighted by Crippen LogP contribution is -2.27. The quantitative estimate of drug-likeness (QED) is 0.513. The first-order valence-corrected chi connectivity index (χ1v) is 6.31. The Balaban J connectivity index is 2.79. The summed E-state index contributed by atoms with van der Waals surface area (Å²) in [4.78, 5) is 26.0. The van der Waals surface area contributed by atoms with Gasteiger partial charge >= 0.3 is 5.97 Å². The number of hydrogen-bond acceptors (Lipinski definition) is 7. The van der Waals surface area contributed by atoms with Gasteiger partial charge in [-0.15, -0.1) is 0 Å². The molecule has 0 aliphatic carbocycles. The summed E-state index contributed by atoms with van der Waals surface area (Å²) in [6.07, 6.45) is -0.949. The highest BCUT2D eigenvalue weighted by atomic mass is 16.5. The average Bonchev–Trinajstić information content (AvgIpc) is 2.45. The standard InChI is InChI=1S/C13H19N3O5/c1-7(17)15-4-3-10(18)11(19)8-5-9(13(20)21-2)12(14)16-6-8/h5-6,10-11,18-19H,3-4H2,1-2H3,(H2,14,16)(H,15,17). The van der Waals surface area contributed by atoms with E-state index in [0.717, 1.165) is 0 Å². The highest BCUT2D eigenvalue weighted by molar-refractivity contribution is 5.94. The molecule has 1 heterocycles. The molecule has 0 bridgehead atoms. The van der Waals surface area contributed by atoms with Crippen LogP contribution in [0.3, 0.4) is 0 Å². The van der Waals surface area contributed by atoms with Crippen molar-refractivity contribution in [3.05, 3.63) is 23.4 Å². The molecule has 0 aliphatic heterocycles. The molecule has 1 rings (SSSR count). The molecule has 2 unspecified atom stereocenters. The first-order chi connectivity index (χ1) is 9.86. The number of nitrogens with zero attached hydrogens (tertiary/aromatic N) is 1. The van der Waals surface area contributed by atoms with E-state index in [9.17, 15) is 19.8 Å². The van der Waals surface area contributed by atoms with Crippen LogP contribution in [-0.2, 0) is 9.53 Å². The molecule has 8 heteroatoms. The molecule has 8 nitrogen and oxygen atoms in total. The number of anilines is 1. The summed E-state index contributed by atoms with van der Waals surface area (Å²) in [6.45, 7) is 1.58. The largest absolute Gasteiger partial charge is 0.465 e. The lowest BCUT2D eigenvalue weighted by Gasteiger charge is -2.18. The Morgan fingerprint density at radius 1 is 1.48 bits per heavy atom. The van der Waals surface area contributed by atoms with E-state index in [1.54, 1.807) is 0 Å². The van der Waals surface area contributed by atoms with Crippen molar-refractivity contribution in [2.24, 2.45) is 0 Å². The van der Waals surface area contributed by atoms with Gasteiger partial charge in [0, 0.05) is 25.2 Å². The molecule has 0 radical (unpaired) electrons. The number of rotatable bonds is 6. The van der Waals surface area contributed by atoms with Crippen LogP contribution in [0.2, 0.25) is 0 Å². The number of methoxy groups -OCH3 is 1. The van der Waals surface area contributed by atoms with Gasteiger partial charge in [0.2, 0.25) is 5.91 Å². The second-order valence-corrected chi connectivity index (χ2v) is 4.48. The van der Waals surface area contributed by atoms with Crippen LogP contribution in [0.25, 0.3) is 0 Å². The van der Waals surface area contributed by atoms with E-state index in [0.29, 0.717) is 0 Å². The molecule has 5 N–H and O–H groups in total. The Hall–Kier alpha value is -2.19. The summed E-state index contributed by atoms with van der Waals surface area (Å²) in [5, 5.41) is 22.4.